The standard InChI is InChI=1S/C11H8N2O5/c1-18-11(14)8-3-2-4-10-9(8)5-7(13(16)17)6-12(10)15/h2-6H,1H3. The monoisotopic (exact) mass is 248 g/mol. The predicted octanol–water partition coefficient (Wildman–Crippen LogP) is 1.17. The van der Waals surface area contributed by atoms with Crippen LogP contribution in [0.4, 0.5) is 5.69 Å². The molecular weight excluding hydrogens is 240 g/mol. The van der Waals surface area contributed by atoms with Gasteiger partial charge in [0, 0.05) is 12.1 Å². The van der Waals surface area contributed by atoms with Gasteiger partial charge in [-0.25, -0.2) is 4.79 Å². The third-order valence-corrected chi connectivity index (χ3v) is 2.48. The Kier molecular flexibility index (Phi) is 2.80. The van der Waals surface area contributed by atoms with E-state index in [0.29, 0.717) is 4.73 Å². The number of carbonyl (C=O) groups excluding carboxylic acids is 1. The molecule has 92 valence electrons. The third-order valence-electron chi connectivity index (χ3n) is 2.48. The van der Waals surface area contributed by atoms with Crippen molar-refractivity contribution in [2.45, 2.75) is 0 Å². The van der Waals surface area contributed by atoms with Crippen LogP contribution in [0.5, 0.6) is 0 Å². The highest BCUT2D eigenvalue weighted by Gasteiger charge is 2.20. The van der Waals surface area contributed by atoms with Crippen LogP contribution < -0.4 is 4.73 Å². The molecule has 0 aliphatic heterocycles. The Hall–Kier alpha value is -2.70. The highest BCUT2D eigenvalue weighted by molar-refractivity contribution is 6.03. The Morgan fingerprint density at radius 3 is 2.78 bits per heavy atom. The lowest BCUT2D eigenvalue weighted by Gasteiger charge is -2.05. The van der Waals surface area contributed by atoms with Crippen LogP contribution in [0.2, 0.25) is 0 Å². The maximum atomic E-state index is 11.6. The van der Waals surface area contributed by atoms with Gasteiger partial charge in [0.15, 0.2) is 0 Å². The zero-order valence-corrected chi connectivity index (χ0v) is 9.32. The second kappa shape index (κ2) is 4.28. The smallest absolute Gasteiger partial charge is 0.338 e. The van der Waals surface area contributed by atoms with E-state index in [9.17, 15) is 20.1 Å². The fraction of sp³-hybridized carbons (Fsp3) is 0.0909. The molecule has 0 spiro atoms. The number of nitro groups is 1. The summed E-state index contributed by atoms with van der Waals surface area (Å²) in [6.45, 7) is 0. The summed E-state index contributed by atoms with van der Waals surface area (Å²) in [5.41, 5.74) is -0.0966. The van der Waals surface area contributed by atoms with Crippen LogP contribution in [-0.4, -0.2) is 18.0 Å². The van der Waals surface area contributed by atoms with Crippen LogP contribution in [-0.2, 0) is 4.74 Å². The van der Waals surface area contributed by atoms with Gasteiger partial charge in [-0.3, -0.25) is 10.1 Å². The molecule has 7 nitrogen and oxygen atoms in total. The highest BCUT2D eigenvalue weighted by Crippen LogP contribution is 2.21. The zero-order valence-electron chi connectivity index (χ0n) is 9.32. The maximum Gasteiger partial charge on any atom is 0.338 e. The predicted molar refractivity (Wildman–Crippen MR) is 60.9 cm³/mol. The number of benzene rings is 1. The molecule has 0 fully saturated rings. The maximum absolute atomic E-state index is 11.6. The molecule has 1 aromatic carbocycles. The summed E-state index contributed by atoms with van der Waals surface area (Å²) in [4.78, 5) is 21.5. The van der Waals surface area contributed by atoms with Crippen LogP contribution >= 0.6 is 0 Å². The molecular formula is C11H8N2O5. The number of hydrogen-bond donors (Lipinski definition) is 0. The van der Waals surface area contributed by atoms with Crippen LogP contribution in [0.15, 0.2) is 30.5 Å². The molecule has 0 bridgehead atoms. The van der Waals surface area contributed by atoms with Crippen molar-refractivity contribution >= 4 is 22.6 Å². The van der Waals surface area contributed by atoms with E-state index in [1.807, 2.05) is 0 Å². The van der Waals surface area contributed by atoms with Crippen LogP contribution in [0.1, 0.15) is 10.4 Å². The number of rotatable bonds is 2. The molecule has 7 heteroatoms. The largest absolute Gasteiger partial charge is 0.618 e. The van der Waals surface area contributed by atoms with Crippen LogP contribution in [0.3, 0.4) is 0 Å². The Labute approximate surface area is 101 Å². The van der Waals surface area contributed by atoms with Gasteiger partial charge in [0.05, 0.1) is 23.0 Å². The first kappa shape index (κ1) is 11.8. The Balaban J connectivity index is 2.81. The van der Waals surface area contributed by atoms with Crippen molar-refractivity contribution in [2.24, 2.45) is 0 Å². The van der Waals surface area contributed by atoms with E-state index in [2.05, 4.69) is 4.74 Å². The lowest BCUT2D eigenvalue weighted by atomic mass is 10.1. The molecule has 0 saturated heterocycles. The van der Waals surface area contributed by atoms with Gasteiger partial charge in [-0.1, -0.05) is 6.07 Å². The van der Waals surface area contributed by atoms with Gasteiger partial charge in [-0.2, -0.15) is 4.73 Å². The summed E-state index contributed by atoms with van der Waals surface area (Å²) in [7, 11) is 1.20. The number of carbonyl (C=O) groups is 1. The normalized spacial score (nSPS) is 10.3. The van der Waals surface area contributed by atoms with Crippen molar-refractivity contribution in [1.29, 1.82) is 0 Å². The first-order chi connectivity index (χ1) is 8.54. The Morgan fingerprint density at radius 1 is 1.44 bits per heavy atom. The van der Waals surface area contributed by atoms with E-state index in [1.165, 1.54) is 31.4 Å². The number of esters is 1. The average Bonchev–Trinajstić information content (AvgIpc) is 2.37. The number of hydrogen-bond acceptors (Lipinski definition) is 5. The molecule has 2 rings (SSSR count). The molecule has 18 heavy (non-hydrogen) atoms. The van der Waals surface area contributed by atoms with E-state index in [1.54, 1.807) is 0 Å². The molecule has 1 heterocycles. The Morgan fingerprint density at radius 2 is 2.17 bits per heavy atom. The van der Waals surface area contributed by atoms with Gasteiger partial charge >= 0.3 is 11.7 Å². The molecule has 0 aliphatic carbocycles. The molecule has 0 atom stereocenters. The molecule has 0 radical (unpaired) electrons. The van der Waals surface area contributed by atoms with E-state index < -0.39 is 10.9 Å². The summed E-state index contributed by atoms with van der Waals surface area (Å²) >= 11 is 0. The van der Waals surface area contributed by atoms with Crippen molar-refractivity contribution in [1.82, 2.24) is 0 Å². The molecule has 0 N–H and O–H groups in total. The van der Waals surface area contributed by atoms with Crippen molar-refractivity contribution in [3.8, 4) is 0 Å². The average molecular weight is 248 g/mol. The van der Waals surface area contributed by atoms with Crippen LogP contribution in [0, 0.1) is 15.3 Å². The number of fused-ring (bicyclic) bond motifs is 1. The number of nitrogens with zero attached hydrogens (tertiary/aromatic N) is 2. The van der Waals surface area contributed by atoms with E-state index in [-0.39, 0.29) is 22.2 Å². The van der Waals surface area contributed by atoms with Gasteiger partial charge in [0.1, 0.15) is 0 Å². The van der Waals surface area contributed by atoms with E-state index in [4.69, 9.17) is 0 Å². The van der Waals surface area contributed by atoms with Crippen molar-refractivity contribution in [2.75, 3.05) is 7.11 Å². The summed E-state index contributed by atoms with van der Waals surface area (Å²) in [5, 5.41) is 22.5. The molecule has 0 saturated carbocycles. The van der Waals surface area contributed by atoms with Crippen molar-refractivity contribution in [3.05, 3.63) is 51.3 Å². The summed E-state index contributed by atoms with van der Waals surface area (Å²) in [6.07, 6.45) is 0.851. The minimum Gasteiger partial charge on any atom is -0.618 e. The van der Waals surface area contributed by atoms with Crippen molar-refractivity contribution in [3.63, 3.8) is 0 Å². The first-order valence-electron chi connectivity index (χ1n) is 4.93. The minimum absolute atomic E-state index is 0.114. The van der Waals surface area contributed by atoms with Gasteiger partial charge in [-0.15, -0.1) is 0 Å². The summed E-state index contributed by atoms with van der Waals surface area (Å²) < 4.78 is 4.93. The van der Waals surface area contributed by atoms with E-state index in [0.717, 1.165) is 6.20 Å². The fourth-order valence-corrected chi connectivity index (χ4v) is 1.66. The summed E-state index contributed by atoms with van der Waals surface area (Å²) in [6, 6.07) is 5.60. The minimum atomic E-state index is -0.693. The third kappa shape index (κ3) is 1.81. The number of pyridine rings is 1. The summed E-state index contributed by atoms with van der Waals surface area (Å²) in [5.74, 6) is -0.652. The van der Waals surface area contributed by atoms with E-state index >= 15 is 0 Å². The first-order valence-corrected chi connectivity index (χ1v) is 4.93. The Bertz CT molecular complexity index is 653. The number of methoxy groups -OCH3 is 1. The lowest BCUT2D eigenvalue weighted by Crippen LogP contribution is -2.27. The molecule has 0 amide bonds. The van der Waals surface area contributed by atoms with Gasteiger partial charge in [-0.05, 0) is 6.07 Å². The number of ether oxygens (including phenoxy) is 1. The number of aromatic nitrogens is 1. The molecule has 0 unspecified atom stereocenters. The van der Waals surface area contributed by atoms with Crippen molar-refractivity contribution < 1.29 is 19.2 Å². The van der Waals surface area contributed by atoms with Gasteiger partial charge in [0.25, 0.3) is 6.20 Å². The zero-order chi connectivity index (χ0) is 13.3. The SMILES string of the molecule is COC(=O)c1cccc2c1cc([N+](=O)[O-])c[n+]2[O-]. The molecule has 2 aromatic rings. The molecule has 1 aromatic heterocycles. The van der Waals surface area contributed by atoms with Crippen LogP contribution in [0.25, 0.3) is 10.9 Å². The second-order valence-corrected chi connectivity index (χ2v) is 3.51. The lowest BCUT2D eigenvalue weighted by molar-refractivity contribution is -0.582. The topological polar surface area (TPSA) is 96.4 Å². The highest BCUT2D eigenvalue weighted by atomic mass is 16.6. The van der Waals surface area contributed by atoms with Gasteiger partial charge < -0.3 is 9.94 Å². The second-order valence-electron chi connectivity index (χ2n) is 3.51. The van der Waals surface area contributed by atoms with Gasteiger partial charge in [0.2, 0.25) is 5.52 Å². The molecule has 0 aliphatic rings. The fourth-order valence-electron chi connectivity index (χ4n) is 1.66. The quantitative estimate of drug-likeness (QED) is 0.261.